The molecular formula is C45H48ClN5O8. The molecule has 13 nitrogen and oxygen atoms in total. The molecular weight excluding hydrogens is 774 g/mol. The molecule has 5 rings (SSSR count). The monoisotopic (exact) mass is 821 g/mol. The fourth-order valence-corrected chi connectivity index (χ4v) is 6.74. The third-order valence-corrected chi connectivity index (χ3v) is 9.87. The number of carboxylic acids is 1. The molecule has 0 unspecified atom stereocenters. The smallest absolute Gasteiger partial charge is 0.306 e. The average Bonchev–Trinajstić information content (AvgIpc) is 3.23. The number of carboxylic acid groups (broad SMARTS) is 1. The first-order valence-electron chi connectivity index (χ1n) is 19.0. The number of aromatic nitrogens is 1. The molecule has 1 aromatic heterocycles. The van der Waals surface area contributed by atoms with Gasteiger partial charge in [-0.2, -0.15) is 5.26 Å². The molecule has 5 aromatic rings. The fourth-order valence-electron chi connectivity index (χ4n) is 6.49. The zero-order valence-corrected chi connectivity index (χ0v) is 33.9. The number of nitriles is 1. The predicted octanol–water partition coefficient (Wildman–Crippen LogP) is 5.96. The van der Waals surface area contributed by atoms with Crippen LogP contribution in [0, 0.1) is 25.2 Å². The highest BCUT2D eigenvalue weighted by atomic mass is 35.5. The van der Waals surface area contributed by atoms with Crippen LogP contribution in [0.25, 0.3) is 22.3 Å². The van der Waals surface area contributed by atoms with Crippen molar-refractivity contribution >= 4 is 23.5 Å². The molecule has 0 saturated carbocycles. The van der Waals surface area contributed by atoms with Crippen molar-refractivity contribution in [3.05, 3.63) is 129 Å². The number of aliphatic hydroxyl groups excluding tert-OH is 2. The summed E-state index contributed by atoms with van der Waals surface area (Å²) in [7, 11) is 1.58. The van der Waals surface area contributed by atoms with Crippen LogP contribution < -0.4 is 30.2 Å². The van der Waals surface area contributed by atoms with Crippen LogP contribution in [-0.2, 0) is 24.6 Å². The molecule has 308 valence electrons. The Balaban J connectivity index is 1.38. The van der Waals surface area contributed by atoms with E-state index in [1.54, 1.807) is 31.4 Å². The van der Waals surface area contributed by atoms with Gasteiger partial charge in [-0.1, -0.05) is 54.1 Å². The highest BCUT2D eigenvalue weighted by molar-refractivity contribution is 6.32. The minimum absolute atomic E-state index is 0.0316. The van der Waals surface area contributed by atoms with E-state index in [2.05, 4.69) is 46.1 Å². The van der Waals surface area contributed by atoms with Crippen molar-refractivity contribution in [3.8, 4) is 45.6 Å². The summed E-state index contributed by atoms with van der Waals surface area (Å²) in [6, 6.07) is 24.9. The van der Waals surface area contributed by atoms with Crippen molar-refractivity contribution in [1.29, 1.82) is 5.26 Å². The van der Waals surface area contributed by atoms with Gasteiger partial charge in [-0.3, -0.25) is 14.6 Å². The molecule has 14 heteroatoms. The number of hydrogen-bond acceptors (Lipinski definition) is 11. The number of benzene rings is 4. The Morgan fingerprint density at radius 3 is 2.34 bits per heavy atom. The summed E-state index contributed by atoms with van der Waals surface area (Å²) in [4.78, 5) is 28.0. The van der Waals surface area contributed by atoms with Gasteiger partial charge in [0.2, 0.25) is 0 Å². The Kier molecular flexibility index (Phi) is 16.2. The number of hydrogen-bond donors (Lipinski definition) is 6. The third-order valence-electron chi connectivity index (χ3n) is 9.58. The van der Waals surface area contributed by atoms with Gasteiger partial charge >= 0.3 is 5.97 Å². The standard InChI is InChI=1S/C45H48ClN5O8/c1-28-33(27-59-43-20-42(58-26-31-16-30(21-47)22-50-23-31)34(18-40(43)46)24-51-25-35(53)19-44(54)55)6-4-8-37(28)38-9-5-7-36(29(38)2)32-10-11-41(39(17-32)45(56)48-3)57-15-13-49-12-14-52/h4-11,16-18,20,22-23,35,49,51-53H,12-15,19,24-27H2,1-3H3,(H,48,56)(H,54,55)/t35-/m0/s1. The van der Waals surface area contributed by atoms with E-state index in [-0.39, 0.29) is 38.8 Å². The maximum Gasteiger partial charge on any atom is 0.306 e. The Labute approximate surface area is 348 Å². The number of aliphatic hydroxyl groups is 2. The van der Waals surface area contributed by atoms with E-state index in [0.717, 1.165) is 38.9 Å². The molecule has 1 heterocycles. The predicted molar refractivity (Wildman–Crippen MR) is 225 cm³/mol. The number of pyridine rings is 1. The van der Waals surface area contributed by atoms with Gasteiger partial charge in [-0.15, -0.1) is 0 Å². The SMILES string of the molecule is CNC(=O)c1cc(-c2cccc(-c3cccc(COc4cc(OCc5cncc(C#N)c5)c(CNC[C@@H](O)CC(=O)O)cc4Cl)c3C)c2C)ccc1OCCNCCO. The van der Waals surface area contributed by atoms with E-state index in [4.69, 9.17) is 36.0 Å². The Hall–Kier alpha value is -6.01. The number of carbonyl (C=O) groups is 2. The average molecular weight is 822 g/mol. The highest BCUT2D eigenvalue weighted by Gasteiger charge is 2.18. The second-order valence-corrected chi connectivity index (χ2v) is 14.1. The first-order valence-corrected chi connectivity index (χ1v) is 19.4. The quantitative estimate of drug-likeness (QED) is 0.0477. The minimum Gasteiger partial charge on any atom is -0.491 e. The third kappa shape index (κ3) is 12.0. The van der Waals surface area contributed by atoms with E-state index < -0.39 is 18.5 Å². The molecule has 59 heavy (non-hydrogen) atoms. The lowest BCUT2D eigenvalue weighted by atomic mass is 9.89. The summed E-state index contributed by atoms with van der Waals surface area (Å²) < 4.78 is 18.5. The summed E-state index contributed by atoms with van der Waals surface area (Å²) >= 11 is 6.77. The topological polar surface area (TPSA) is 195 Å². The lowest BCUT2D eigenvalue weighted by molar-refractivity contribution is -0.139. The zero-order chi connectivity index (χ0) is 42.3. The van der Waals surface area contributed by atoms with E-state index in [1.807, 2.05) is 49.4 Å². The number of aliphatic carboxylic acids is 1. The lowest BCUT2D eigenvalue weighted by Crippen LogP contribution is -2.28. The van der Waals surface area contributed by atoms with Crippen LogP contribution in [0.3, 0.4) is 0 Å². The van der Waals surface area contributed by atoms with Crippen molar-refractivity contribution in [2.45, 2.75) is 46.1 Å². The molecule has 0 aliphatic heterocycles. The van der Waals surface area contributed by atoms with Crippen LogP contribution in [0.2, 0.25) is 5.02 Å². The molecule has 0 aliphatic carbocycles. The van der Waals surface area contributed by atoms with E-state index in [0.29, 0.717) is 64.2 Å². The number of ether oxygens (including phenoxy) is 3. The van der Waals surface area contributed by atoms with E-state index in [9.17, 15) is 20.0 Å². The maximum atomic E-state index is 12.9. The second-order valence-electron chi connectivity index (χ2n) is 13.7. The zero-order valence-electron chi connectivity index (χ0n) is 33.2. The fraction of sp³-hybridized carbons (Fsp3) is 0.289. The molecule has 0 fully saturated rings. The van der Waals surface area contributed by atoms with Crippen LogP contribution in [0.5, 0.6) is 17.2 Å². The number of halogens is 1. The van der Waals surface area contributed by atoms with Crippen LogP contribution in [0.4, 0.5) is 0 Å². The van der Waals surface area contributed by atoms with Crippen LogP contribution in [0.1, 0.15) is 50.2 Å². The van der Waals surface area contributed by atoms with Crippen molar-refractivity contribution in [3.63, 3.8) is 0 Å². The summed E-state index contributed by atoms with van der Waals surface area (Å²) in [5.74, 6) is -0.0699. The second kappa shape index (κ2) is 21.7. The molecule has 0 saturated heterocycles. The molecule has 4 aromatic carbocycles. The van der Waals surface area contributed by atoms with Crippen molar-refractivity contribution in [2.24, 2.45) is 0 Å². The van der Waals surface area contributed by atoms with Gasteiger partial charge in [-0.05, 0) is 77.1 Å². The van der Waals surface area contributed by atoms with Gasteiger partial charge in [0.05, 0.1) is 35.3 Å². The maximum absolute atomic E-state index is 12.9. The molecule has 6 N–H and O–H groups in total. The van der Waals surface area contributed by atoms with Gasteiger partial charge in [0.1, 0.15) is 43.1 Å². The Morgan fingerprint density at radius 2 is 1.59 bits per heavy atom. The summed E-state index contributed by atoms with van der Waals surface area (Å²) in [6.45, 7) is 6.00. The van der Waals surface area contributed by atoms with Crippen LogP contribution in [0.15, 0.2) is 85.2 Å². The Morgan fingerprint density at radius 1 is 0.847 bits per heavy atom. The number of nitrogens with one attached hydrogen (secondary N) is 3. The van der Waals surface area contributed by atoms with Gasteiger partial charge < -0.3 is 45.5 Å². The Bertz CT molecular complexity index is 2300. The van der Waals surface area contributed by atoms with Crippen molar-refractivity contribution in [1.82, 2.24) is 20.9 Å². The molecule has 0 bridgehead atoms. The first kappa shape index (κ1) is 44.1. The summed E-state index contributed by atoms with van der Waals surface area (Å²) in [5.41, 5.74) is 8.98. The largest absolute Gasteiger partial charge is 0.491 e. The highest BCUT2D eigenvalue weighted by Crippen LogP contribution is 2.37. The van der Waals surface area contributed by atoms with Gasteiger partial charge in [0.15, 0.2) is 0 Å². The normalized spacial score (nSPS) is 11.4. The molecule has 0 aliphatic rings. The molecule has 1 amide bonds. The van der Waals surface area contributed by atoms with Crippen LogP contribution >= 0.6 is 11.6 Å². The number of carbonyl (C=O) groups excluding carboxylic acids is 1. The number of amides is 1. The molecule has 1 atom stereocenters. The van der Waals surface area contributed by atoms with Gasteiger partial charge in [0.25, 0.3) is 5.91 Å². The minimum atomic E-state index is -1.10. The van der Waals surface area contributed by atoms with Gasteiger partial charge in [-0.25, -0.2) is 0 Å². The summed E-state index contributed by atoms with van der Waals surface area (Å²) in [5, 5.41) is 46.5. The van der Waals surface area contributed by atoms with Crippen molar-refractivity contribution in [2.75, 3.05) is 39.9 Å². The lowest BCUT2D eigenvalue weighted by Gasteiger charge is -2.19. The molecule has 0 spiro atoms. The number of rotatable bonds is 21. The van der Waals surface area contributed by atoms with E-state index in [1.165, 1.54) is 6.20 Å². The molecule has 0 radical (unpaired) electrons. The van der Waals surface area contributed by atoms with E-state index >= 15 is 0 Å². The van der Waals surface area contributed by atoms with Crippen molar-refractivity contribution < 1.29 is 39.1 Å². The van der Waals surface area contributed by atoms with Crippen LogP contribution in [-0.4, -0.2) is 78.2 Å². The first-order chi connectivity index (χ1) is 28.5. The van der Waals surface area contributed by atoms with Gasteiger partial charge in [0, 0.05) is 62.8 Å². The summed E-state index contributed by atoms with van der Waals surface area (Å²) in [6.07, 6.45) is 1.60. The number of nitrogens with zero attached hydrogens (tertiary/aromatic N) is 2.